The van der Waals surface area contributed by atoms with E-state index in [1.54, 1.807) is 0 Å². The highest BCUT2D eigenvalue weighted by Gasteiger charge is 2.25. The second-order valence-electron chi connectivity index (χ2n) is 3.20. The Kier molecular flexibility index (Phi) is 2.41. The van der Waals surface area contributed by atoms with Crippen molar-refractivity contribution < 1.29 is 9.53 Å². The number of nitrogens with zero attached hydrogens (tertiary/aromatic N) is 1. The first-order chi connectivity index (χ1) is 6.77. The van der Waals surface area contributed by atoms with Gasteiger partial charge in [0.15, 0.2) is 0 Å². The van der Waals surface area contributed by atoms with Crippen molar-refractivity contribution in [2.24, 2.45) is 0 Å². The summed E-state index contributed by atoms with van der Waals surface area (Å²) in [7, 11) is 0. The molecule has 14 heavy (non-hydrogen) atoms. The van der Waals surface area contributed by atoms with Crippen LogP contribution in [0.3, 0.4) is 0 Å². The summed E-state index contributed by atoms with van der Waals surface area (Å²) in [6, 6.07) is 0. The van der Waals surface area contributed by atoms with Crippen LogP contribution in [0.1, 0.15) is 18.0 Å². The molecular formula is C9H10N2O3. The fourth-order valence-corrected chi connectivity index (χ4v) is 1.47. The number of rotatable bonds is 1. The number of aromatic nitrogens is 2. The molecule has 2 heterocycles. The third-order valence-corrected chi connectivity index (χ3v) is 2.21. The van der Waals surface area contributed by atoms with Gasteiger partial charge in [0.1, 0.15) is 5.78 Å². The number of H-pyrrole nitrogens is 1. The molecule has 0 aliphatic carbocycles. The van der Waals surface area contributed by atoms with Gasteiger partial charge in [0, 0.05) is 18.3 Å². The van der Waals surface area contributed by atoms with E-state index in [0.717, 1.165) is 0 Å². The lowest BCUT2D eigenvalue weighted by Gasteiger charge is -2.20. The minimum atomic E-state index is -0.356. The first-order valence-corrected chi connectivity index (χ1v) is 4.42. The van der Waals surface area contributed by atoms with E-state index in [4.69, 9.17) is 4.74 Å². The third-order valence-electron chi connectivity index (χ3n) is 2.21. The topological polar surface area (TPSA) is 72.0 Å². The maximum absolute atomic E-state index is 11.5. The molecule has 1 aliphatic rings. The predicted octanol–water partition coefficient (Wildman–Crippen LogP) is -0.157. The molecule has 0 aromatic carbocycles. The summed E-state index contributed by atoms with van der Waals surface area (Å²) in [6.45, 7) is 0.806. The monoisotopic (exact) mass is 194 g/mol. The van der Waals surface area contributed by atoms with Crippen molar-refractivity contribution in [1.82, 2.24) is 9.97 Å². The average molecular weight is 194 g/mol. The summed E-state index contributed by atoms with van der Waals surface area (Å²) in [4.78, 5) is 28.8. The summed E-state index contributed by atoms with van der Waals surface area (Å²) >= 11 is 0. The van der Waals surface area contributed by atoms with Gasteiger partial charge in [0.25, 0.3) is 5.56 Å². The van der Waals surface area contributed by atoms with Crippen LogP contribution in [0.5, 0.6) is 0 Å². The Morgan fingerprint density at radius 3 is 3.00 bits per heavy atom. The SMILES string of the molecule is O=C1CCOCC1c1cncc(=O)[nH]1. The molecule has 2 rings (SSSR count). The number of hydrogen-bond donors (Lipinski definition) is 1. The normalized spacial score (nSPS) is 22.3. The van der Waals surface area contributed by atoms with E-state index in [1.807, 2.05) is 0 Å². The van der Waals surface area contributed by atoms with Crippen LogP contribution < -0.4 is 5.56 Å². The van der Waals surface area contributed by atoms with E-state index in [1.165, 1.54) is 12.4 Å². The third kappa shape index (κ3) is 1.72. The van der Waals surface area contributed by atoms with Crippen LogP contribution in [0.4, 0.5) is 0 Å². The van der Waals surface area contributed by atoms with Gasteiger partial charge in [-0.15, -0.1) is 0 Å². The van der Waals surface area contributed by atoms with Gasteiger partial charge in [-0.25, -0.2) is 0 Å². The van der Waals surface area contributed by atoms with E-state index in [9.17, 15) is 9.59 Å². The van der Waals surface area contributed by atoms with Crippen LogP contribution in [0.2, 0.25) is 0 Å². The quantitative estimate of drug-likeness (QED) is 0.674. The zero-order valence-corrected chi connectivity index (χ0v) is 7.53. The lowest BCUT2D eigenvalue weighted by atomic mass is 9.97. The Hall–Kier alpha value is -1.49. The first kappa shape index (κ1) is 9.08. The molecule has 1 aromatic rings. The van der Waals surface area contributed by atoms with Crippen molar-refractivity contribution in [2.75, 3.05) is 13.2 Å². The Morgan fingerprint density at radius 1 is 1.43 bits per heavy atom. The number of ketones is 1. The Morgan fingerprint density at radius 2 is 2.29 bits per heavy atom. The molecule has 1 aliphatic heterocycles. The molecule has 74 valence electrons. The molecule has 1 unspecified atom stereocenters. The molecule has 1 aromatic heterocycles. The Bertz CT molecular complexity index is 399. The molecule has 1 atom stereocenters. The highest BCUT2D eigenvalue weighted by molar-refractivity contribution is 5.85. The van der Waals surface area contributed by atoms with Crippen molar-refractivity contribution in [3.05, 3.63) is 28.4 Å². The molecule has 0 radical (unpaired) electrons. The number of hydrogen-bond acceptors (Lipinski definition) is 4. The van der Waals surface area contributed by atoms with Crippen molar-refractivity contribution in [2.45, 2.75) is 12.3 Å². The highest BCUT2D eigenvalue weighted by atomic mass is 16.5. The molecule has 5 heteroatoms. The van der Waals surface area contributed by atoms with Crippen LogP contribution >= 0.6 is 0 Å². The molecule has 0 saturated carbocycles. The second kappa shape index (κ2) is 3.71. The fraction of sp³-hybridized carbons (Fsp3) is 0.444. The van der Waals surface area contributed by atoms with Gasteiger partial charge >= 0.3 is 0 Å². The van der Waals surface area contributed by atoms with Gasteiger partial charge in [-0.05, 0) is 0 Å². The summed E-state index contributed by atoms with van der Waals surface area (Å²) in [5.74, 6) is -0.259. The minimum absolute atomic E-state index is 0.0971. The zero-order chi connectivity index (χ0) is 9.97. The largest absolute Gasteiger partial charge is 0.380 e. The molecule has 0 amide bonds. The van der Waals surface area contributed by atoms with E-state index in [0.29, 0.717) is 25.3 Å². The van der Waals surface area contributed by atoms with Crippen LogP contribution in [-0.2, 0) is 9.53 Å². The number of carbonyl (C=O) groups excluding carboxylic acids is 1. The number of carbonyl (C=O) groups is 1. The average Bonchev–Trinajstić information content (AvgIpc) is 2.18. The Labute approximate surface area is 80.1 Å². The van der Waals surface area contributed by atoms with E-state index in [-0.39, 0.29) is 17.3 Å². The number of Topliss-reactive ketones (excluding diaryl/α,β-unsaturated/α-hetero) is 1. The zero-order valence-electron chi connectivity index (χ0n) is 7.53. The van der Waals surface area contributed by atoms with Gasteiger partial charge in [-0.1, -0.05) is 0 Å². The Balaban J connectivity index is 2.29. The van der Waals surface area contributed by atoms with Crippen molar-refractivity contribution in [3.8, 4) is 0 Å². The smallest absolute Gasteiger partial charge is 0.266 e. The van der Waals surface area contributed by atoms with E-state index < -0.39 is 0 Å². The molecule has 1 saturated heterocycles. The lowest BCUT2D eigenvalue weighted by Crippen LogP contribution is -2.27. The van der Waals surface area contributed by atoms with Crippen LogP contribution in [0.15, 0.2) is 17.2 Å². The number of nitrogens with one attached hydrogen (secondary N) is 1. The van der Waals surface area contributed by atoms with Gasteiger partial charge in [-0.3, -0.25) is 14.6 Å². The lowest BCUT2D eigenvalue weighted by molar-refractivity contribution is -0.126. The van der Waals surface area contributed by atoms with Gasteiger partial charge < -0.3 is 9.72 Å². The second-order valence-corrected chi connectivity index (χ2v) is 3.20. The molecule has 5 nitrogen and oxygen atoms in total. The van der Waals surface area contributed by atoms with Crippen molar-refractivity contribution in [1.29, 1.82) is 0 Å². The van der Waals surface area contributed by atoms with Crippen LogP contribution in [0.25, 0.3) is 0 Å². The van der Waals surface area contributed by atoms with Gasteiger partial charge in [0.2, 0.25) is 0 Å². The summed E-state index contributed by atoms with van der Waals surface area (Å²) in [5, 5.41) is 0. The van der Waals surface area contributed by atoms with Gasteiger partial charge in [-0.2, -0.15) is 0 Å². The van der Waals surface area contributed by atoms with Crippen LogP contribution in [-0.4, -0.2) is 29.0 Å². The maximum Gasteiger partial charge on any atom is 0.266 e. The molecule has 0 bridgehead atoms. The minimum Gasteiger partial charge on any atom is -0.380 e. The van der Waals surface area contributed by atoms with Crippen molar-refractivity contribution >= 4 is 5.78 Å². The predicted molar refractivity (Wildman–Crippen MR) is 48.0 cm³/mol. The summed E-state index contributed by atoms with van der Waals surface area (Å²) < 4.78 is 5.18. The number of aromatic amines is 1. The summed E-state index contributed by atoms with van der Waals surface area (Å²) in [6.07, 6.45) is 3.08. The standard InChI is InChI=1S/C9H10N2O3/c12-8-1-2-14-5-6(8)7-3-10-4-9(13)11-7/h3-4,6H,1-2,5H2,(H,11,13). The molecular weight excluding hydrogens is 184 g/mol. The highest BCUT2D eigenvalue weighted by Crippen LogP contribution is 2.18. The number of ether oxygens (including phenoxy) is 1. The summed E-state index contributed by atoms with van der Waals surface area (Å²) in [5.41, 5.74) is 0.253. The molecule has 0 spiro atoms. The van der Waals surface area contributed by atoms with E-state index >= 15 is 0 Å². The van der Waals surface area contributed by atoms with Crippen molar-refractivity contribution in [3.63, 3.8) is 0 Å². The fourth-order valence-electron chi connectivity index (χ4n) is 1.47. The first-order valence-electron chi connectivity index (χ1n) is 4.42. The molecule has 1 N–H and O–H groups in total. The van der Waals surface area contributed by atoms with E-state index in [2.05, 4.69) is 9.97 Å². The van der Waals surface area contributed by atoms with Gasteiger partial charge in [0.05, 0.1) is 25.3 Å². The van der Waals surface area contributed by atoms with Crippen LogP contribution in [0, 0.1) is 0 Å². The maximum atomic E-state index is 11.5. The molecule has 1 fully saturated rings.